The second-order valence-electron chi connectivity index (χ2n) is 5.50. The largest absolute Gasteiger partial charge is 0.394 e. The molecule has 0 atom stereocenters. The van der Waals surface area contributed by atoms with Crippen molar-refractivity contribution < 1.29 is 9.90 Å². The molecule has 3 N–H and O–H groups in total. The van der Waals surface area contributed by atoms with Gasteiger partial charge in [-0.25, -0.2) is 9.67 Å². The van der Waals surface area contributed by atoms with E-state index in [1.165, 1.54) is 10.9 Å². The van der Waals surface area contributed by atoms with Crippen LogP contribution in [-0.4, -0.2) is 43.1 Å². The van der Waals surface area contributed by atoms with Crippen LogP contribution in [0.2, 0.25) is 5.02 Å². The fourth-order valence-corrected chi connectivity index (χ4v) is 3.11. The summed E-state index contributed by atoms with van der Waals surface area (Å²) in [5, 5.41) is 17.0. The van der Waals surface area contributed by atoms with Crippen LogP contribution in [0.3, 0.4) is 0 Å². The molecular formula is C16H16ClN5O3S. The molecule has 8 nitrogen and oxygen atoms in total. The molecule has 0 aliphatic rings. The lowest BCUT2D eigenvalue weighted by atomic mass is 10.2. The number of aliphatic hydroxyl groups is 1. The van der Waals surface area contributed by atoms with Crippen LogP contribution < -0.4 is 10.9 Å². The van der Waals surface area contributed by atoms with Gasteiger partial charge in [-0.2, -0.15) is 5.10 Å². The Balaban J connectivity index is 1.70. The summed E-state index contributed by atoms with van der Waals surface area (Å²) in [6, 6.07) is 5.27. The lowest BCUT2D eigenvalue weighted by Gasteiger charge is -2.07. The van der Waals surface area contributed by atoms with Gasteiger partial charge in [-0.1, -0.05) is 29.4 Å². The standard InChI is InChI=1S/C16H16ClN5O3S/c1-9-2-3-10(6-12(9)17)19-13(24)8-26-16-20-14-11(15(25)21-16)7-18-22(14)4-5-23/h2-3,6-7,23H,4-5,8H2,1H3,(H,19,24)(H,20,21,25). The number of benzene rings is 1. The quantitative estimate of drug-likeness (QED) is 0.435. The van der Waals surface area contributed by atoms with Crippen molar-refractivity contribution in [3.05, 3.63) is 45.3 Å². The van der Waals surface area contributed by atoms with E-state index >= 15 is 0 Å². The molecule has 0 aliphatic heterocycles. The van der Waals surface area contributed by atoms with Crippen molar-refractivity contribution in [3.8, 4) is 0 Å². The van der Waals surface area contributed by atoms with E-state index < -0.39 is 0 Å². The number of carbonyl (C=O) groups is 1. The number of aromatic nitrogens is 4. The number of hydrogen-bond acceptors (Lipinski definition) is 6. The topological polar surface area (TPSA) is 113 Å². The van der Waals surface area contributed by atoms with Crippen LogP contribution in [0.1, 0.15) is 5.56 Å². The summed E-state index contributed by atoms with van der Waals surface area (Å²) in [5.74, 6) is -0.185. The van der Waals surface area contributed by atoms with Gasteiger partial charge in [0.25, 0.3) is 5.56 Å². The Morgan fingerprint density at radius 3 is 3.00 bits per heavy atom. The highest BCUT2D eigenvalue weighted by Crippen LogP contribution is 2.21. The number of halogens is 1. The molecule has 3 aromatic rings. The molecule has 10 heteroatoms. The number of hydrogen-bond donors (Lipinski definition) is 3. The van der Waals surface area contributed by atoms with Crippen molar-refractivity contribution >= 4 is 46.0 Å². The highest BCUT2D eigenvalue weighted by atomic mass is 35.5. The Morgan fingerprint density at radius 2 is 2.27 bits per heavy atom. The van der Waals surface area contributed by atoms with Crippen molar-refractivity contribution in [2.45, 2.75) is 18.6 Å². The van der Waals surface area contributed by atoms with Crippen LogP contribution in [0, 0.1) is 6.92 Å². The van der Waals surface area contributed by atoms with E-state index in [-0.39, 0.29) is 30.4 Å². The Kier molecular flexibility index (Phi) is 5.60. The number of anilines is 1. The fraction of sp³-hybridized carbons (Fsp3) is 0.250. The van der Waals surface area contributed by atoms with Crippen LogP contribution in [0.4, 0.5) is 5.69 Å². The average molecular weight is 394 g/mol. The third-order valence-electron chi connectivity index (χ3n) is 3.59. The van der Waals surface area contributed by atoms with Gasteiger partial charge in [0, 0.05) is 10.7 Å². The van der Waals surface area contributed by atoms with Gasteiger partial charge in [0.15, 0.2) is 10.8 Å². The number of fused-ring (bicyclic) bond motifs is 1. The van der Waals surface area contributed by atoms with Crippen molar-refractivity contribution in [2.24, 2.45) is 0 Å². The minimum atomic E-state index is -0.340. The number of H-pyrrole nitrogens is 1. The smallest absolute Gasteiger partial charge is 0.262 e. The monoisotopic (exact) mass is 393 g/mol. The number of amides is 1. The van der Waals surface area contributed by atoms with Gasteiger partial charge in [-0.3, -0.25) is 9.59 Å². The summed E-state index contributed by atoms with van der Waals surface area (Å²) in [5.41, 5.74) is 1.56. The number of nitrogens with zero attached hydrogens (tertiary/aromatic N) is 3. The first kappa shape index (κ1) is 18.4. The molecule has 0 saturated carbocycles. The van der Waals surface area contributed by atoms with E-state index in [0.29, 0.717) is 26.9 Å². The first-order valence-corrected chi connectivity index (χ1v) is 9.10. The van der Waals surface area contributed by atoms with E-state index in [2.05, 4.69) is 20.4 Å². The molecule has 136 valence electrons. The normalized spacial score (nSPS) is 11.0. The molecule has 0 fully saturated rings. The highest BCUT2D eigenvalue weighted by molar-refractivity contribution is 7.99. The maximum absolute atomic E-state index is 12.1. The second kappa shape index (κ2) is 7.90. The predicted molar refractivity (Wildman–Crippen MR) is 101 cm³/mol. The van der Waals surface area contributed by atoms with Crippen molar-refractivity contribution in [2.75, 3.05) is 17.7 Å². The summed E-state index contributed by atoms with van der Waals surface area (Å²) in [6.07, 6.45) is 1.40. The molecule has 1 amide bonds. The average Bonchev–Trinajstić information content (AvgIpc) is 3.00. The van der Waals surface area contributed by atoms with Crippen LogP contribution in [-0.2, 0) is 11.3 Å². The van der Waals surface area contributed by atoms with Crippen LogP contribution in [0.5, 0.6) is 0 Å². The molecule has 0 saturated heterocycles. The number of nitrogens with one attached hydrogen (secondary N) is 2. The van der Waals surface area contributed by atoms with Gasteiger partial charge in [-0.15, -0.1) is 0 Å². The lowest BCUT2D eigenvalue weighted by Crippen LogP contribution is -2.16. The third-order valence-corrected chi connectivity index (χ3v) is 4.87. The van der Waals surface area contributed by atoms with Crippen molar-refractivity contribution in [1.29, 1.82) is 0 Å². The van der Waals surface area contributed by atoms with Gasteiger partial charge in [0.2, 0.25) is 5.91 Å². The summed E-state index contributed by atoms with van der Waals surface area (Å²) in [6.45, 7) is 2.00. The number of carbonyl (C=O) groups excluding carboxylic acids is 1. The SMILES string of the molecule is Cc1ccc(NC(=O)CSc2nc3c(cnn3CCO)c(=O)[nH]2)cc1Cl. The van der Waals surface area contributed by atoms with E-state index in [0.717, 1.165) is 17.3 Å². The Labute approximate surface area is 157 Å². The zero-order chi connectivity index (χ0) is 18.7. The molecule has 0 radical (unpaired) electrons. The van der Waals surface area contributed by atoms with E-state index in [9.17, 15) is 9.59 Å². The number of aryl methyl sites for hydroxylation is 1. The third kappa shape index (κ3) is 4.06. The number of thioether (sulfide) groups is 1. The number of aromatic amines is 1. The summed E-state index contributed by atoms with van der Waals surface area (Å²) in [7, 11) is 0. The molecule has 0 aliphatic carbocycles. The number of rotatable bonds is 6. The number of aliphatic hydroxyl groups excluding tert-OH is 1. The molecule has 3 rings (SSSR count). The minimum Gasteiger partial charge on any atom is -0.394 e. The molecule has 26 heavy (non-hydrogen) atoms. The highest BCUT2D eigenvalue weighted by Gasteiger charge is 2.12. The lowest BCUT2D eigenvalue weighted by molar-refractivity contribution is -0.113. The van der Waals surface area contributed by atoms with Crippen molar-refractivity contribution in [1.82, 2.24) is 19.7 Å². The van der Waals surface area contributed by atoms with Gasteiger partial charge >= 0.3 is 0 Å². The molecule has 0 bridgehead atoms. The zero-order valence-corrected chi connectivity index (χ0v) is 15.4. The van der Waals surface area contributed by atoms with Crippen LogP contribution in [0.25, 0.3) is 11.0 Å². The van der Waals surface area contributed by atoms with E-state index in [1.807, 2.05) is 13.0 Å². The maximum atomic E-state index is 12.1. The Hall–Kier alpha value is -2.36. The molecule has 0 unspecified atom stereocenters. The zero-order valence-electron chi connectivity index (χ0n) is 13.8. The molecular weight excluding hydrogens is 378 g/mol. The summed E-state index contributed by atoms with van der Waals surface area (Å²) >= 11 is 7.14. The maximum Gasteiger partial charge on any atom is 0.262 e. The summed E-state index contributed by atoms with van der Waals surface area (Å²) < 4.78 is 1.45. The first-order chi connectivity index (χ1) is 12.5. The van der Waals surface area contributed by atoms with Crippen molar-refractivity contribution in [3.63, 3.8) is 0 Å². The van der Waals surface area contributed by atoms with Gasteiger partial charge in [-0.05, 0) is 24.6 Å². The van der Waals surface area contributed by atoms with E-state index in [4.69, 9.17) is 16.7 Å². The fourth-order valence-electron chi connectivity index (χ4n) is 2.27. The van der Waals surface area contributed by atoms with Crippen LogP contribution >= 0.6 is 23.4 Å². The molecule has 0 spiro atoms. The van der Waals surface area contributed by atoms with E-state index in [1.54, 1.807) is 12.1 Å². The predicted octanol–water partition coefficient (Wildman–Crippen LogP) is 1.80. The van der Waals surface area contributed by atoms with Gasteiger partial charge in [0.05, 0.1) is 25.1 Å². The first-order valence-electron chi connectivity index (χ1n) is 7.73. The second-order valence-corrected chi connectivity index (χ2v) is 6.87. The van der Waals surface area contributed by atoms with Crippen LogP contribution in [0.15, 0.2) is 34.3 Å². The Bertz CT molecular complexity index is 1020. The molecule has 2 aromatic heterocycles. The molecule has 1 aromatic carbocycles. The summed E-state index contributed by atoms with van der Waals surface area (Å²) in [4.78, 5) is 31.1. The minimum absolute atomic E-state index is 0.0636. The van der Waals surface area contributed by atoms with Gasteiger partial charge < -0.3 is 15.4 Å². The Morgan fingerprint density at radius 1 is 1.46 bits per heavy atom. The van der Waals surface area contributed by atoms with Gasteiger partial charge in [0.1, 0.15) is 5.39 Å². The molecule has 2 heterocycles.